The Morgan fingerprint density at radius 1 is 1.78 bits per heavy atom. The van der Waals surface area contributed by atoms with Crippen molar-refractivity contribution in [1.29, 1.82) is 0 Å². The van der Waals surface area contributed by atoms with E-state index < -0.39 is 12.0 Å². The van der Waals surface area contributed by atoms with Gasteiger partial charge in [-0.2, -0.15) is 5.10 Å². The molecular formula is C10H16N6O2. The first-order valence-electron chi connectivity index (χ1n) is 5.42. The van der Waals surface area contributed by atoms with Crippen LogP contribution >= 0.6 is 0 Å². The minimum Gasteiger partial charge on any atom is -0.468 e. The van der Waals surface area contributed by atoms with Gasteiger partial charge in [0.15, 0.2) is 0 Å². The number of esters is 1. The van der Waals surface area contributed by atoms with Gasteiger partial charge < -0.3 is 10.1 Å². The van der Waals surface area contributed by atoms with Gasteiger partial charge in [0.25, 0.3) is 0 Å². The van der Waals surface area contributed by atoms with E-state index >= 15 is 0 Å². The molecule has 98 valence electrons. The number of ether oxygens (including phenoxy) is 1. The normalized spacial score (nSPS) is 11.7. The lowest BCUT2D eigenvalue weighted by atomic mass is 10.1. The molecule has 1 unspecified atom stereocenters. The van der Waals surface area contributed by atoms with E-state index in [-0.39, 0.29) is 6.54 Å². The Morgan fingerprint density at radius 2 is 2.50 bits per heavy atom. The fourth-order valence-electron chi connectivity index (χ4n) is 1.54. The molecule has 0 saturated heterocycles. The fourth-order valence-corrected chi connectivity index (χ4v) is 1.54. The third-order valence-electron chi connectivity index (χ3n) is 2.64. The predicted octanol–water partition coefficient (Wildman–Crippen LogP) is 0.843. The van der Waals surface area contributed by atoms with Gasteiger partial charge >= 0.3 is 5.97 Å². The topological polar surface area (TPSA) is 105 Å². The van der Waals surface area contributed by atoms with Crippen molar-refractivity contribution in [2.45, 2.75) is 13.0 Å². The highest BCUT2D eigenvalue weighted by atomic mass is 16.5. The lowest BCUT2D eigenvalue weighted by Gasteiger charge is -2.15. The van der Waals surface area contributed by atoms with Crippen LogP contribution in [-0.4, -0.2) is 35.9 Å². The van der Waals surface area contributed by atoms with Crippen molar-refractivity contribution in [3.8, 4) is 0 Å². The first-order valence-corrected chi connectivity index (χ1v) is 5.42. The summed E-state index contributed by atoms with van der Waals surface area (Å²) in [5.74, 6) is -0.396. The highest BCUT2D eigenvalue weighted by Gasteiger charge is 2.24. The molecule has 1 rings (SSSR count). The lowest BCUT2D eigenvalue weighted by molar-refractivity contribution is -0.143. The highest BCUT2D eigenvalue weighted by Crippen LogP contribution is 2.17. The van der Waals surface area contributed by atoms with Gasteiger partial charge in [-0.05, 0) is 12.5 Å². The molecule has 18 heavy (non-hydrogen) atoms. The SMILES string of the molecule is COC(=O)C(NCCN=[N+]=[N-])c1cnn(C)c1C. The summed E-state index contributed by atoms with van der Waals surface area (Å²) >= 11 is 0. The molecule has 1 aromatic rings. The number of hydrogen-bond acceptors (Lipinski definition) is 5. The van der Waals surface area contributed by atoms with Gasteiger partial charge in [-0.25, -0.2) is 4.79 Å². The van der Waals surface area contributed by atoms with Crippen LogP contribution in [0.3, 0.4) is 0 Å². The first-order chi connectivity index (χ1) is 8.61. The van der Waals surface area contributed by atoms with Crippen LogP contribution in [0.4, 0.5) is 0 Å². The molecule has 0 aromatic carbocycles. The van der Waals surface area contributed by atoms with Crippen LogP contribution in [0.25, 0.3) is 10.4 Å². The molecule has 1 aromatic heterocycles. The number of azide groups is 1. The van der Waals surface area contributed by atoms with Crippen LogP contribution in [0.1, 0.15) is 17.3 Å². The smallest absolute Gasteiger partial charge is 0.327 e. The fraction of sp³-hybridized carbons (Fsp3) is 0.600. The van der Waals surface area contributed by atoms with E-state index in [1.807, 2.05) is 6.92 Å². The number of nitrogens with zero attached hydrogens (tertiary/aromatic N) is 5. The van der Waals surface area contributed by atoms with Crippen LogP contribution in [-0.2, 0) is 16.6 Å². The maximum atomic E-state index is 11.7. The summed E-state index contributed by atoms with van der Waals surface area (Å²) in [6.07, 6.45) is 1.62. The average Bonchev–Trinajstić information content (AvgIpc) is 2.70. The molecule has 1 N–H and O–H groups in total. The van der Waals surface area contributed by atoms with Gasteiger partial charge in [-0.15, -0.1) is 0 Å². The zero-order chi connectivity index (χ0) is 13.5. The van der Waals surface area contributed by atoms with Crippen LogP contribution in [0.5, 0.6) is 0 Å². The summed E-state index contributed by atoms with van der Waals surface area (Å²) in [7, 11) is 3.13. The van der Waals surface area contributed by atoms with Crippen LogP contribution < -0.4 is 5.32 Å². The van der Waals surface area contributed by atoms with Gasteiger partial charge in [-0.3, -0.25) is 4.68 Å². The average molecular weight is 252 g/mol. The Balaban J connectivity index is 2.81. The number of carbonyl (C=O) groups excluding carboxylic acids is 1. The Bertz CT molecular complexity index is 463. The monoisotopic (exact) mass is 252 g/mol. The van der Waals surface area contributed by atoms with Crippen molar-refractivity contribution >= 4 is 5.97 Å². The summed E-state index contributed by atoms with van der Waals surface area (Å²) in [4.78, 5) is 14.4. The molecular weight excluding hydrogens is 236 g/mol. The molecule has 8 heteroatoms. The summed E-state index contributed by atoms with van der Waals surface area (Å²) < 4.78 is 6.43. The van der Waals surface area contributed by atoms with Gasteiger partial charge in [0.1, 0.15) is 6.04 Å². The molecule has 0 aliphatic carbocycles. The number of nitrogens with one attached hydrogen (secondary N) is 1. The number of hydrogen-bond donors (Lipinski definition) is 1. The molecule has 1 heterocycles. The van der Waals surface area contributed by atoms with Crippen LogP contribution in [0.15, 0.2) is 11.3 Å². The molecule has 0 fully saturated rings. The minimum absolute atomic E-state index is 0.267. The maximum absolute atomic E-state index is 11.7. The van der Waals surface area contributed by atoms with Gasteiger partial charge in [0.05, 0.1) is 13.3 Å². The van der Waals surface area contributed by atoms with Crippen molar-refractivity contribution in [2.24, 2.45) is 12.2 Å². The highest BCUT2D eigenvalue weighted by molar-refractivity contribution is 5.77. The van der Waals surface area contributed by atoms with Crippen molar-refractivity contribution in [3.63, 3.8) is 0 Å². The molecule has 8 nitrogen and oxygen atoms in total. The largest absolute Gasteiger partial charge is 0.468 e. The van der Waals surface area contributed by atoms with Crippen molar-refractivity contribution in [2.75, 3.05) is 20.2 Å². The molecule has 1 atom stereocenters. The van der Waals surface area contributed by atoms with E-state index in [1.54, 1.807) is 17.9 Å². The van der Waals surface area contributed by atoms with Gasteiger partial charge in [-0.1, -0.05) is 5.11 Å². The van der Waals surface area contributed by atoms with Crippen LogP contribution in [0.2, 0.25) is 0 Å². The number of aromatic nitrogens is 2. The van der Waals surface area contributed by atoms with Gasteiger partial charge in [0.2, 0.25) is 0 Å². The van der Waals surface area contributed by atoms with Gasteiger partial charge in [0, 0.05) is 36.3 Å². The summed E-state index contributed by atoms with van der Waals surface area (Å²) in [6.45, 7) is 2.52. The number of carbonyl (C=O) groups is 1. The number of aryl methyl sites for hydroxylation is 1. The van der Waals surface area contributed by atoms with Crippen molar-refractivity contribution in [3.05, 3.63) is 27.9 Å². The summed E-state index contributed by atoms with van der Waals surface area (Å²) in [5, 5.41) is 10.5. The summed E-state index contributed by atoms with van der Waals surface area (Å²) in [5.41, 5.74) is 9.81. The second kappa shape index (κ2) is 6.63. The van der Waals surface area contributed by atoms with Crippen LogP contribution in [0, 0.1) is 6.92 Å². The second-order valence-electron chi connectivity index (χ2n) is 3.67. The molecule has 0 bridgehead atoms. The Kier molecular flexibility index (Phi) is 5.16. The van der Waals surface area contributed by atoms with E-state index in [4.69, 9.17) is 10.3 Å². The Labute approximate surface area is 105 Å². The maximum Gasteiger partial charge on any atom is 0.327 e. The minimum atomic E-state index is -0.599. The molecule has 0 aliphatic heterocycles. The first kappa shape index (κ1) is 14.0. The Hall–Kier alpha value is -2.05. The molecule has 0 aliphatic rings. The van der Waals surface area contributed by atoms with Crippen molar-refractivity contribution < 1.29 is 9.53 Å². The second-order valence-corrected chi connectivity index (χ2v) is 3.67. The summed E-state index contributed by atoms with van der Waals surface area (Å²) in [6, 6.07) is -0.599. The number of rotatable bonds is 6. The third kappa shape index (κ3) is 3.22. The zero-order valence-electron chi connectivity index (χ0n) is 10.6. The molecule has 0 radical (unpaired) electrons. The Morgan fingerprint density at radius 3 is 3.00 bits per heavy atom. The zero-order valence-corrected chi connectivity index (χ0v) is 10.6. The number of methoxy groups -OCH3 is 1. The standard InChI is InChI=1S/C10H16N6O2/c1-7-8(6-14-16(7)2)9(10(17)18-3)12-4-5-13-15-11/h6,9,12H,4-5H2,1-3H3. The van der Waals surface area contributed by atoms with E-state index in [9.17, 15) is 4.79 Å². The lowest BCUT2D eigenvalue weighted by Crippen LogP contribution is -2.31. The molecule has 0 saturated carbocycles. The molecule has 0 spiro atoms. The van der Waals surface area contributed by atoms with E-state index in [1.165, 1.54) is 7.11 Å². The molecule has 0 amide bonds. The van der Waals surface area contributed by atoms with E-state index in [0.29, 0.717) is 6.54 Å². The third-order valence-corrected chi connectivity index (χ3v) is 2.64. The van der Waals surface area contributed by atoms with E-state index in [2.05, 4.69) is 20.4 Å². The predicted molar refractivity (Wildman–Crippen MR) is 64.7 cm³/mol. The van der Waals surface area contributed by atoms with Crippen molar-refractivity contribution in [1.82, 2.24) is 15.1 Å². The van der Waals surface area contributed by atoms with E-state index in [0.717, 1.165) is 11.3 Å². The quantitative estimate of drug-likeness (QED) is 0.266.